The third-order valence-electron chi connectivity index (χ3n) is 8.58. The standard InChI is InChI=1S/C28H40N4O2/c1-31-27-22(11-7-12-23(27)26(30-31)24-13-14-25(33)29-28(24)34)21-15-18-32(19-16-21)17-6-5-10-20-8-3-2-4-9-20/h7,11-12,20-21,24H,2-6,8-10,13-19H2,1H3,(H,29,33,34). The summed E-state index contributed by atoms with van der Waals surface area (Å²) in [5, 5.41) is 8.34. The molecule has 2 saturated heterocycles. The number of hydrogen-bond acceptors (Lipinski definition) is 4. The molecule has 1 N–H and O–H groups in total. The molecule has 3 aliphatic rings. The van der Waals surface area contributed by atoms with Gasteiger partial charge in [0.05, 0.1) is 17.1 Å². The van der Waals surface area contributed by atoms with Crippen LogP contribution in [0.15, 0.2) is 18.2 Å². The van der Waals surface area contributed by atoms with Gasteiger partial charge in [0.1, 0.15) is 0 Å². The molecule has 184 valence electrons. The highest BCUT2D eigenvalue weighted by molar-refractivity contribution is 6.02. The van der Waals surface area contributed by atoms with E-state index in [0.717, 1.165) is 22.5 Å². The first-order valence-corrected chi connectivity index (χ1v) is 13.6. The van der Waals surface area contributed by atoms with Crippen LogP contribution in [-0.2, 0) is 16.6 Å². The van der Waals surface area contributed by atoms with Gasteiger partial charge in [-0.1, -0.05) is 63.1 Å². The van der Waals surface area contributed by atoms with Crippen molar-refractivity contribution in [2.24, 2.45) is 13.0 Å². The van der Waals surface area contributed by atoms with E-state index in [9.17, 15) is 9.59 Å². The van der Waals surface area contributed by atoms with Gasteiger partial charge in [0, 0.05) is 18.9 Å². The Morgan fingerprint density at radius 3 is 2.56 bits per heavy atom. The monoisotopic (exact) mass is 464 g/mol. The Morgan fingerprint density at radius 2 is 1.79 bits per heavy atom. The summed E-state index contributed by atoms with van der Waals surface area (Å²) >= 11 is 0. The molecule has 2 aromatic rings. The van der Waals surface area contributed by atoms with Gasteiger partial charge in [0.25, 0.3) is 0 Å². The maximum absolute atomic E-state index is 12.5. The van der Waals surface area contributed by atoms with Crippen molar-refractivity contribution < 1.29 is 9.59 Å². The number of nitrogens with one attached hydrogen (secondary N) is 1. The minimum Gasteiger partial charge on any atom is -0.303 e. The first-order valence-electron chi connectivity index (χ1n) is 13.6. The van der Waals surface area contributed by atoms with Crippen molar-refractivity contribution in [1.29, 1.82) is 0 Å². The topological polar surface area (TPSA) is 67.2 Å². The molecule has 6 nitrogen and oxygen atoms in total. The van der Waals surface area contributed by atoms with E-state index < -0.39 is 0 Å². The van der Waals surface area contributed by atoms with Crippen molar-refractivity contribution in [2.75, 3.05) is 19.6 Å². The van der Waals surface area contributed by atoms with Gasteiger partial charge < -0.3 is 4.90 Å². The summed E-state index contributed by atoms with van der Waals surface area (Å²) in [7, 11) is 1.99. The number of nitrogens with zero attached hydrogens (tertiary/aromatic N) is 3. The summed E-state index contributed by atoms with van der Waals surface area (Å²) in [6, 6.07) is 6.46. The van der Waals surface area contributed by atoms with Gasteiger partial charge in [0.15, 0.2) is 0 Å². The molecule has 1 aromatic carbocycles. The number of carbonyl (C=O) groups is 2. The van der Waals surface area contributed by atoms with E-state index in [0.29, 0.717) is 18.8 Å². The molecule has 1 unspecified atom stereocenters. The van der Waals surface area contributed by atoms with E-state index in [2.05, 4.69) is 28.4 Å². The van der Waals surface area contributed by atoms with E-state index in [4.69, 9.17) is 5.10 Å². The third-order valence-corrected chi connectivity index (χ3v) is 8.58. The highest BCUT2D eigenvalue weighted by atomic mass is 16.2. The largest absolute Gasteiger partial charge is 0.303 e. The second-order valence-electron chi connectivity index (χ2n) is 10.9. The molecule has 1 aliphatic carbocycles. The fourth-order valence-electron chi connectivity index (χ4n) is 6.65. The maximum atomic E-state index is 12.5. The summed E-state index contributed by atoms with van der Waals surface area (Å²) < 4.78 is 1.96. The number of rotatable bonds is 7. The molecular formula is C28H40N4O2. The molecule has 3 fully saturated rings. The number of unbranched alkanes of at least 4 members (excludes halogenated alkanes) is 1. The first-order chi connectivity index (χ1) is 16.6. The molecule has 1 aromatic heterocycles. The van der Waals surface area contributed by atoms with Gasteiger partial charge in [0.2, 0.25) is 11.8 Å². The van der Waals surface area contributed by atoms with Gasteiger partial charge in [-0.05, 0) is 62.7 Å². The van der Waals surface area contributed by atoms with Crippen molar-refractivity contribution in [3.05, 3.63) is 29.5 Å². The van der Waals surface area contributed by atoms with Crippen LogP contribution in [0.1, 0.15) is 100 Å². The van der Waals surface area contributed by atoms with Crippen molar-refractivity contribution in [2.45, 2.75) is 88.9 Å². The summed E-state index contributed by atoms with van der Waals surface area (Å²) in [5.41, 5.74) is 3.34. The second kappa shape index (κ2) is 10.6. The number of likely N-dealkylation sites (tertiary alicyclic amines) is 1. The van der Waals surface area contributed by atoms with Crippen LogP contribution in [0.2, 0.25) is 0 Å². The summed E-state index contributed by atoms with van der Waals surface area (Å²) in [5.74, 6) is 0.810. The number of piperidine rings is 2. The van der Waals surface area contributed by atoms with Crippen LogP contribution in [-0.4, -0.2) is 46.1 Å². The molecule has 0 radical (unpaired) electrons. The normalized spacial score (nSPS) is 23.5. The molecule has 6 heteroatoms. The Morgan fingerprint density at radius 1 is 1.00 bits per heavy atom. The third kappa shape index (κ3) is 5.07. The number of aromatic nitrogens is 2. The zero-order chi connectivity index (χ0) is 23.5. The number of imide groups is 1. The van der Waals surface area contributed by atoms with Crippen molar-refractivity contribution in [3.8, 4) is 0 Å². The Balaban J connectivity index is 1.19. The molecule has 0 bridgehead atoms. The zero-order valence-electron chi connectivity index (χ0n) is 20.7. The van der Waals surface area contributed by atoms with Crippen molar-refractivity contribution in [1.82, 2.24) is 20.0 Å². The average Bonchev–Trinajstić information content (AvgIpc) is 3.19. The van der Waals surface area contributed by atoms with Crippen molar-refractivity contribution in [3.63, 3.8) is 0 Å². The number of para-hydroxylation sites is 1. The Labute approximate surface area is 203 Å². The van der Waals surface area contributed by atoms with Crippen LogP contribution in [0, 0.1) is 5.92 Å². The fraction of sp³-hybridized carbons (Fsp3) is 0.679. The lowest BCUT2D eigenvalue weighted by Gasteiger charge is -2.32. The second-order valence-corrected chi connectivity index (χ2v) is 10.9. The van der Waals surface area contributed by atoms with E-state index in [1.165, 1.54) is 89.4 Å². The predicted octanol–water partition coefficient (Wildman–Crippen LogP) is 5.02. The lowest BCUT2D eigenvalue weighted by Crippen LogP contribution is -2.39. The van der Waals surface area contributed by atoms with Crippen LogP contribution in [0.4, 0.5) is 0 Å². The van der Waals surface area contributed by atoms with Gasteiger partial charge in [-0.25, -0.2) is 0 Å². The van der Waals surface area contributed by atoms with Gasteiger partial charge in [-0.2, -0.15) is 5.10 Å². The summed E-state index contributed by atoms with van der Waals surface area (Å²) in [6.45, 7) is 3.58. The predicted molar refractivity (Wildman–Crippen MR) is 135 cm³/mol. The lowest BCUT2D eigenvalue weighted by atomic mass is 9.85. The molecule has 34 heavy (non-hydrogen) atoms. The maximum Gasteiger partial charge on any atom is 0.235 e. The molecule has 5 rings (SSSR count). The summed E-state index contributed by atoms with van der Waals surface area (Å²) in [4.78, 5) is 26.8. The highest BCUT2D eigenvalue weighted by Crippen LogP contribution is 2.37. The van der Waals surface area contributed by atoms with E-state index in [1.54, 1.807) is 0 Å². The molecule has 1 atom stereocenters. The van der Waals surface area contributed by atoms with Crippen LogP contribution in [0.25, 0.3) is 10.9 Å². The molecule has 2 aliphatic heterocycles. The minimum atomic E-state index is -0.341. The smallest absolute Gasteiger partial charge is 0.235 e. The fourth-order valence-corrected chi connectivity index (χ4v) is 6.65. The Kier molecular flexibility index (Phi) is 7.33. The number of amides is 2. The lowest BCUT2D eigenvalue weighted by molar-refractivity contribution is -0.134. The number of fused-ring (bicyclic) bond motifs is 1. The molecular weight excluding hydrogens is 424 g/mol. The SMILES string of the molecule is Cn1nc(C2CCC(=O)NC2=O)c2cccc(C3CCN(CCCCC4CCCCC4)CC3)c21. The number of carbonyl (C=O) groups excluding carboxylic acids is 2. The van der Waals surface area contributed by atoms with Gasteiger partial charge >= 0.3 is 0 Å². The molecule has 3 heterocycles. The number of aryl methyl sites for hydroxylation is 1. The molecule has 0 spiro atoms. The van der Waals surface area contributed by atoms with Crippen LogP contribution in [0.3, 0.4) is 0 Å². The van der Waals surface area contributed by atoms with Crippen molar-refractivity contribution >= 4 is 22.7 Å². The van der Waals surface area contributed by atoms with Crippen LogP contribution >= 0.6 is 0 Å². The molecule has 2 amide bonds. The zero-order valence-corrected chi connectivity index (χ0v) is 20.7. The number of benzene rings is 1. The van der Waals surface area contributed by atoms with E-state index in [-0.39, 0.29) is 17.7 Å². The number of hydrogen-bond donors (Lipinski definition) is 1. The quantitative estimate of drug-likeness (QED) is 0.461. The average molecular weight is 465 g/mol. The highest BCUT2D eigenvalue weighted by Gasteiger charge is 2.32. The molecule has 1 saturated carbocycles. The first kappa shape index (κ1) is 23.5. The van der Waals surface area contributed by atoms with Gasteiger partial charge in [-0.15, -0.1) is 0 Å². The summed E-state index contributed by atoms with van der Waals surface area (Å²) in [6.07, 6.45) is 14.8. The van der Waals surface area contributed by atoms with E-state index >= 15 is 0 Å². The Hall–Kier alpha value is -2.21. The van der Waals surface area contributed by atoms with Gasteiger partial charge in [-0.3, -0.25) is 19.6 Å². The van der Waals surface area contributed by atoms with E-state index in [1.807, 2.05) is 11.7 Å². The minimum absolute atomic E-state index is 0.178. The Bertz CT molecular complexity index is 1010. The van der Waals surface area contributed by atoms with Crippen LogP contribution < -0.4 is 5.32 Å². The van der Waals surface area contributed by atoms with Crippen LogP contribution in [0.5, 0.6) is 0 Å².